The molecule has 4 aromatic rings. The zero-order chi connectivity index (χ0) is 37.2. The van der Waals surface area contributed by atoms with E-state index in [-0.39, 0.29) is 64.6 Å². The van der Waals surface area contributed by atoms with E-state index in [2.05, 4.69) is 0 Å². The quantitative estimate of drug-likeness (QED) is 0.0721. The van der Waals surface area contributed by atoms with Gasteiger partial charge in [0.15, 0.2) is 0 Å². The zero-order valence-electron chi connectivity index (χ0n) is 28.4. The van der Waals surface area contributed by atoms with Gasteiger partial charge >= 0.3 is 0 Å². The minimum absolute atomic E-state index is 0.0385. The number of ether oxygens (including phenoxy) is 4. The number of benzene rings is 4. The van der Waals surface area contributed by atoms with Crippen LogP contribution in [0.1, 0.15) is 60.1 Å². The van der Waals surface area contributed by atoms with Crippen LogP contribution in [0.3, 0.4) is 0 Å². The van der Waals surface area contributed by atoms with Crippen molar-refractivity contribution in [2.75, 3.05) is 27.4 Å². The van der Waals surface area contributed by atoms with Crippen molar-refractivity contribution < 1.29 is 38.6 Å². The molecule has 4 aromatic carbocycles. The molecule has 0 spiro atoms. The van der Waals surface area contributed by atoms with Gasteiger partial charge in [0.1, 0.15) is 23.0 Å². The Morgan fingerprint density at radius 1 is 0.471 bits per heavy atom. The number of rotatable bonds is 18. The van der Waals surface area contributed by atoms with Crippen molar-refractivity contribution in [1.82, 2.24) is 0 Å². The molecule has 0 radical (unpaired) electrons. The van der Waals surface area contributed by atoms with Gasteiger partial charge in [-0.2, -0.15) is 0 Å². The van der Waals surface area contributed by atoms with Gasteiger partial charge in [0, 0.05) is 101 Å². The molecule has 0 aliphatic heterocycles. The van der Waals surface area contributed by atoms with E-state index in [0.717, 1.165) is 0 Å². The number of non-ortho nitro benzene ring substituents is 4. The molecule has 51 heavy (non-hydrogen) atoms. The molecule has 0 bridgehead atoms. The highest BCUT2D eigenvalue weighted by molar-refractivity contribution is 5.59. The Kier molecular flexibility index (Phi) is 12.4. The second kappa shape index (κ2) is 16.9. The first kappa shape index (κ1) is 37.5. The lowest BCUT2D eigenvalue weighted by Gasteiger charge is -2.18. The highest BCUT2D eigenvalue weighted by Crippen LogP contribution is 2.40. The molecule has 0 unspecified atom stereocenters. The molecule has 0 aliphatic carbocycles. The van der Waals surface area contributed by atoms with Crippen LogP contribution in [-0.2, 0) is 19.3 Å². The monoisotopic (exact) mass is 704 g/mol. The summed E-state index contributed by atoms with van der Waals surface area (Å²) >= 11 is 0. The molecular weight excluding hydrogens is 668 g/mol. The van der Waals surface area contributed by atoms with Crippen molar-refractivity contribution in [3.05, 3.63) is 135 Å². The van der Waals surface area contributed by atoms with Gasteiger partial charge in [-0.15, -0.1) is 0 Å². The van der Waals surface area contributed by atoms with Crippen LogP contribution in [-0.4, -0.2) is 47.1 Å². The molecule has 16 heteroatoms. The summed E-state index contributed by atoms with van der Waals surface area (Å²) in [6, 6.07) is 13.4. The minimum atomic E-state index is -0.593. The average Bonchev–Trinajstić information content (AvgIpc) is 3.10. The summed E-state index contributed by atoms with van der Waals surface area (Å²) in [6.07, 6.45) is 1.13. The minimum Gasteiger partial charge on any atom is -0.496 e. The van der Waals surface area contributed by atoms with Crippen LogP contribution >= 0.6 is 0 Å². The molecule has 0 amide bonds. The van der Waals surface area contributed by atoms with E-state index in [0.29, 0.717) is 59.8 Å². The summed E-state index contributed by atoms with van der Waals surface area (Å²) < 4.78 is 23.2. The second-order valence-corrected chi connectivity index (χ2v) is 11.4. The van der Waals surface area contributed by atoms with Gasteiger partial charge in [0.2, 0.25) is 0 Å². The van der Waals surface area contributed by atoms with Crippen LogP contribution in [0.15, 0.2) is 60.7 Å². The fourth-order valence-corrected chi connectivity index (χ4v) is 5.69. The van der Waals surface area contributed by atoms with Gasteiger partial charge in [-0.3, -0.25) is 40.5 Å². The smallest absolute Gasteiger partial charge is 0.270 e. The molecule has 268 valence electrons. The van der Waals surface area contributed by atoms with Crippen molar-refractivity contribution >= 4 is 22.7 Å². The van der Waals surface area contributed by atoms with Gasteiger partial charge in [-0.25, -0.2) is 0 Å². The molecular formula is C35H36N4O12. The van der Waals surface area contributed by atoms with Gasteiger partial charge in [0.25, 0.3) is 22.7 Å². The maximum absolute atomic E-state index is 12.1. The summed E-state index contributed by atoms with van der Waals surface area (Å²) in [5.74, 6) is 1.17. The predicted molar refractivity (Wildman–Crippen MR) is 185 cm³/mol. The van der Waals surface area contributed by atoms with E-state index in [1.54, 1.807) is 0 Å². The van der Waals surface area contributed by atoms with E-state index in [1.165, 1.54) is 74.9 Å². The molecule has 16 nitrogen and oxygen atoms in total. The number of nitro benzene ring substituents is 4. The van der Waals surface area contributed by atoms with Gasteiger partial charge in [0.05, 0.1) is 47.1 Å². The molecule has 0 fully saturated rings. The largest absolute Gasteiger partial charge is 0.496 e. The van der Waals surface area contributed by atoms with Crippen molar-refractivity contribution in [2.45, 2.75) is 46.0 Å². The van der Waals surface area contributed by atoms with Crippen molar-refractivity contribution in [1.29, 1.82) is 0 Å². The standard InChI is InChI=1S/C35H36N4O12/c1-5-11-50-32-9-7-28(36(40)41)16-22(32)13-24-18-30(38(44)45)20-26(34(24)48-3)15-27-21-31(39(46)47)19-25(35(27)49-4)14-23-17-29(37(42)43)8-10-33(23)51-12-6-2/h7-10,16-21H,5-6,11-15H2,1-4H3. The fourth-order valence-electron chi connectivity index (χ4n) is 5.69. The van der Waals surface area contributed by atoms with Crippen LogP contribution in [0.4, 0.5) is 22.7 Å². The van der Waals surface area contributed by atoms with Gasteiger partial charge in [-0.05, 0) is 25.0 Å². The molecule has 0 aliphatic rings. The summed E-state index contributed by atoms with van der Waals surface area (Å²) in [7, 11) is 2.73. The van der Waals surface area contributed by atoms with Crippen LogP contribution in [0, 0.1) is 40.5 Å². The van der Waals surface area contributed by atoms with Crippen molar-refractivity contribution in [3.63, 3.8) is 0 Å². The maximum atomic E-state index is 12.1. The molecule has 0 saturated carbocycles. The number of hydrogen-bond donors (Lipinski definition) is 0. The number of methoxy groups -OCH3 is 2. The molecule has 0 saturated heterocycles. The Balaban J connectivity index is 1.88. The van der Waals surface area contributed by atoms with Crippen LogP contribution in [0.25, 0.3) is 0 Å². The van der Waals surface area contributed by atoms with E-state index in [9.17, 15) is 40.5 Å². The number of nitrogens with zero attached hydrogens (tertiary/aromatic N) is 4. The van der Waals surface area contributed by atoms with Crippen molar-refractivity contribution in [2.24, 2.45) is 0 Å². The topological polar surface area (TPSA) is 209 Å². The molecule has 4 rings (SSSR count). The van der Waals surface area contributed by atoms with E-state index in [4.69, 9.17) is 18.9 Å². The lowest BCUT2D eigenvalue weighted by Crippen LogP contribution is -2.07. The summed E-state index contributed by atoms with van der Waals surface area (Å²) in [5.41, 5.74) is 1.02. The SMILES string of the molecule is CCCOc1ccc([N+](=O)[O-])cc1Cc1cc([N+](=O)[O-])cc(Cc2cc([N+](=O)[O-])cc(Cc3cc([N+](=O)[O-])ccc3OCCC)c2OC)c1OC. The molecule has 0 N–H and O–H groups in total. The van der Waals surface area contributed by atoms with Crippen LogP contribution < -0.4 is 18.9 Å². The Hall–Kier alpha value is -6.32. The zero-order valence-corrected chi connectivity index (χ0v) is 28.4. The third-order valence-electron chi connectivity index (χ3n) is 7.86. The van der Waals surface area contributed by atoms with Crippen LogP contribution in [0.5, 0.6) is 23.0 Å². The van der Waals surface area contributed by atoms with E-state index >= 15 is 0 Å². The number of nitro groups is 4. The Morgan fingerprint density at radius 3 is 1.04 bits per heavy atom. The normalized spacial score (nSPS) is 10.7. The Bertz CT molecular complexity index is 1820. The van der Waals surface area contributed by atoms with Gasteiger partial charge < -0.3 is 18.9 Å². The van der Waals surface area contributed by atoms with Gasteiger partial charge in [-0.1, -0.05) is 13.8 Å². The number of hydrogen-bond acceptors (Lipinski definition) is 12. The third-order valence-corrected chi connectivity index (χ3v) is 7.86. The van der Waals surface area contributed by atoms with E-state index in [1.807, 2.05) is 13.8 Å². The van der Waals surface area contributed by atoms with Crippen LogP contribution in [0.2, 0.25) is 0 Å². The first-order valence-electron chi connectivity index (χ1n) is 15.9. The Morgan fingerprint density at radius 2 is 0.765 bits per heavy atom. The lowest BCUT2D eigenvalue weighted by atomic mass is 9.93. The van der Waals surface area contributed by atoms with Crippen molar-refractivity contribution in [3.8, 4) is 23.0 Å². The molecule has 0 aromatic heterocycles. The first-order chi connectivity index (χ1) is 24.4. The second-order valence-electron chi connectivity index (χ2n) is 11.4. The fraction of sp³-hybridized carbons (Fsp3) is 0.314. The highest BCUT2D eigenvalue weighted by atomic mass is 16.6. The Labute approximate surface area is 292 Å². The lowest BCUT2D eigenvalue weighted by molar-refractivity contribution is -0.385. The first-order valence-corrected chi connectivity index (χ1v) is 15.9. The highest BCUT2D eigenvalue weighted by Gasteiger charge is 2.25. The maximum Gasteiger partial charge on any atom is 0.270 e. The predicted octanol–water partition coefficient (Wildman–Crippen LogP) is 7.69. The average molecular weight is 705 g/mol. The summed E-state index contributed by atoms with van der Waals surface area (Å²) in [6.45, 7) is 4.47. The summed E-state index contributed by atoms with van der Waals surface area (Å²) in [5, 5.41) is 47.5. The summed E-state index contributed by atoms with van der Waals surface area (Å²) in [4.78, 5) is 45.2. The third kappa shape index (κ3) is 9.03. The van der Waals surface area contributed by atoms with E-state index < -0.39 is 19.7 Å². The molecule has 0 heterocycles. The molecule has 0 atom stereocenters.